The normalized spacial score (nSPS) is 7.50. The molecule has 20 heavy (non-hydrogen) atoms. The highest BCUT2D eigenvalue weighted by Crippen LogP contribution is 2.00. The topological polar surface area (TPSA) is 26.0 Å². The lowest BCUT2D eigenvalue weighted by Crippen LogP contribution is -1.97. The van der Waals surface area contributed by atoms with Gasteiger partial charge in [0.25, 0.3) is 0 Å². The van der Waals surface area contributed by atoms with Gasteiger partial charge in [-0.25, -0.2) is 0 Å². The molecule has 0 unspecified atom stereocenters. The third-order valence-electron chi connectivity index (χ3n) is 1.31. The van der Waals surface area contributed by atoms with Crippen LogP contribution in [0.1, 0.15) is 122 Å². The first-order chi connectivity index (χ1) is 9.57. The van der Waals surface area contributed by atoms with Crippen LogP contribution < -0.4 is 5.73 Å². The number of nitrogens with two attached hydrogens (primary N) is 1. The van der Waals surface area contributed by atoms with Crippen LogP contribution in [0.25, 0.3) is 0 Å². The first-order valence-electron chi connectivity index (χ1n) is 9.27. The van der Waals surface area contributed by atoms with Gasteiger partial charge in [-0.05, 0) is 13.0 Å². The summed E-state index contributed by atoms with van der Waals surface area (Å²) < 4.78 is 0. The van der Waals surface area contributed by atoms with E-state index in [1.54, 1.807) is 0 Å². The van der Waals surface area contributed by atoms with Crippen molar-refractivity contribution in [2.75, 3.05) is 6.54 Å². The highest BCUT2D eigenvalue weighted by atomic mass is 14.5. The van der Waals surface area contributed by atoms with Crippen molar-refractivity contribution >= 4 is 0 Å². The zero-order chi connectivity index (χ0) is 17.1. The summed E-state index contributed by atoms with van der Waals surface area (Å²) in [5, 5.41) is 0. The first kappa shape index (κ1) is 32.1. The Morgan fingerprint density at radius 2 is 0.750 bits per heavy atom. The maximum absolute atomic E-state index is 5.31. The lowest BCUT2D eigenvalue weighted by atomic mass is 10.2. The smallest absolute Gasteiger partial charge is 0 e. The van der Waals surface area contributed by atoms with Crippen LogP contribution in [-0.2, 0) is 0 Å². The molecule has 0 saturated carbocycles. The van der Waals surface area contributed by atoms with Crippen LogP contribution in [0.5, 0.6) is 0 Å². The van der Waals surface area contributed by atoms with E-state index in [0.717, 1.165) is 6.54 Å². The fourth-order valence-electron chi connectivity index (χ4n) is 0.748. The molecule has 0 spiro atoms. The molecule has 0 bridgehead atoms. The van der Waals surface area contributed by atoms with Crippen LogP contribution in [0, 0.1) is 0 Å². The molecule has 132 valence electrons. The molecule has 1 heteroatoms. The second kappa shape index (κ2) is 61.6. The van der Waals surface area contributed by atoms with Crippen molar-refractivity contribution in [3.05, 3.63) is 0 Å². The molecule has 0 aliphatic carbocycles. The molecule has 0 radical (unpaired) electrons. The molecule has 0 heterocycles. The Labute approximate surface area is 134 Å². The minimum Gasteiger partial charge on any atom is -0.330 e. The van der Waals surface area contributed by atoms with E-state index in [0.29, 0.717) is 0 Å². The monoisotopic (exact) mass is 293 g/mol. The van der Waals surface area contributed by atoms with Gasteiger partial charge in [0.05, 0.1) is 0 Å². The molecular weight excluding hydrogens is 242 g/mol. The van der Waals surface area contributed by atoms with E-state index in [4.69, 9.17) is 5.73 Å². The van der Waals surface area contributed by atoms with Crippen molar-refractivity contribution < 1.29 is 1.43 Å². The van der Waals surface area contributed by atoms with E-state index in [9.17, 15) is 0 Å². The molecule has 0 aliphatic rings. The van der Waals surface area contributed by atoms with Crippen LogP contribution in [0.15, 0.2) is 0 Å². The summed E-state index contributed by atoms with van der Waals surface area (Å²) >= 11 is 0. The predicted octanol–water partition coefficient (Wildman–Crippen LogP) is 7.83. The Morgan fingerprint density at radius 1 is 0.500 bits per heavy atom. The minimum atomic E-state index is 0. The van der Waals surface area contributed by atoms with Crippen LogP contribution in [0.2, 0.25) is 0 Å². The highest BCUT2D eigenvalue weighted by Gasteiger charge is 1.83. The molecule has 0 aliphatic heterocycles. The largest absolute Gasteiger partial charge is 0.330 e. The van der Waals surface area contributed by atoms with Crippen LogP contribution in [0.4, 0.5) is 0 Å². The quantitative estimate of drug-likeness (QED) is 0.513. The highest BCUT2D eigenvalue weighted by molar-refractivity contribution is 4.41. The van der Waals surface area contributed by atoms with Crippen molar-refractivity contribution in [1.29, 1.82) is 0 Å². The summed E-state index contributed by atoms with van der Waals surface area (Å²) in [5.74, 6) is 0. The molecular formula is C19H51N. The summed E-state index contributed by atoms with van der Waals surface area (Å²) in [4.78, 5) is 0. The van der Waals surface area contributed by atoms with E-state index in [1.807, 2.05) is 0 Å². The number of hydrogen-bond donors (Lipinski definition) is 1. The Hall–Kier alpha value is -0.0400. The molecule has 0 fully saturated rings. The summed E-state index contributed by atoms with van der Waals surface area (Å²) in [5.41, 5.74) is 5.31. The van der Waals surface area contributed by atoms with Crippen LogP contribution in [0.3, 0.4) is 0 Å². The second-order valence-corrected chi connectivity index (χ2v) is 5.03. The molecule has 0 aromatic rings. The van der Waals surface area contributed by atoms with E-state index in [1.165, 1.54) is 57.8 Å². The van der Waals surface area contributed by atoms with Crippen LogP contribution >= 0.6 is 0 Å². The predicted molar refractivity (Wildman–Crippen MR) is 104 cm³/mol. The van der Waals surface area contributed by atoms with Gasteiger partial charge in [-0.1, -0.05) is 114 Å². The summed E-state index contributed by atoms with van der Waals surface area (Å²) in [6.45, 7) is 20.1. The molecule has 0 aromatic carbocycles. The zero-order valence-corrected chi connectivity index (χ0v) is 16.6. The van der Waals surface area contributed by atoms with Gasteiger partial charge in [-0.2, -0.15) is 0 Å². The lowest BCUT2D eigenvalue weighted by Gasteiger charge is -1.93. The van der Waals surface area contributed by atoms with Gasteiger partial charge < -0.3 is 5.73 Å². The van der Waals surface area contributed by atoms with E-state index >= 15 is 0 Å². The Morgan fingerprint density at radius 3 is 0.950 bits per heavy atom. The Balaban J connectivity index is -0.0000000369. The van der Waals surface area contributed by atoms with Crippen molar-refractivity contribution in [1.82, 2.24) is 0 Å². The van der Waals surface area contributed by atoms with Gasteiger partial charge in [0, 0.05) is 1.43 Å². The molecule has 0 aromatic heterocycles. The van der Waals surface area contributed by atoms with E-state index < -0.39 is 0 Å². The Bertz CT molecular complexity index is 64.0. The van der Waals surface area contributed by atoms with Crippen LogP contribution in [-0.4, -0.2) is 6.54 Å². The van der Waals surface area contributed by atoms with Crippen molar-refractivity contribution in [3.8, 4) is 0 Å². The fraction of sp³-hybridized carbons (Fsp3) is 1.00. The number of unbranched alkanes of at least 4 members (excludes halogenated alkanes) is 4. The van der Waals surface area contributed by atoms with Crippen molar-refractivity contribution in [2.24, 2.45) is 5.73 Å². The van der Waals surface area contributed by atoms with E-state index in [-0.39, 0.29) is 1.43 Å². The van der Waals surface area contributed by atoms with Crippen molar-refractivity contribution in [2.45, 2.75) is 120 Å². The van der Waals surface area contributed by atoms with Crippen molar-refractivity contribution in [3.63, 3.8) is 0 Å². The molecule has 0 atom stereocenters. The maximum Gasteiger partial charge on any atom is 0 e. The molecule has 0 rings (SSSR count). The summed E-state index contributed by atoms with van der Waals surface area (Å²) in [6, 6.07) is 0. The standard InChI is InChI=1S/C7H17N.4C3H8.H2/c1-2-3-4-5-6-7-8;4*1-3-2;/h2-8H2,1H3;4*3H2,1-2H3;1H. The third-order valence-corrected chi connectivity index (χ3v) is 1.31. The zero-order valence-electron chi connectivity index (χ0n) is 16.6. The summed E-state index contributed by atoms with van der Waals surface area (Å²) in [6.07, 6.45) is 11.6. The number of hydrogen-bond acceptors (Lipinski definition) is 1. The van der Waals surface area contributed by atoms with E-state index in [2.05, 4.69) is 62.3 Å². The average molecular weight is 294 g/mol. The maximum atomic E-state index is 5.31. The van der Waals surface area contributed by atoms with Gasteiger partial charge in [-0.3, -0.25) is 0 Å². The lowest BCUT2D eigenvalue weighted by molar-refractivity contribution is 0.638. The van der Waals surface area contributed by atoms with Gasteiger partial charge in [-0.15, -0.1) is 0 Å². The van der Waals surface area contributed by atoms with Gasteiger partial charge >= 0.3 is 0 Å². The second-order valence-electron chi connectivity index (χ2n) is 5.03. The number of rotatable bonds is 5. The summed E-state index contributed by atoms with van der Waals surface area (Å²) in [7, 11) is 0. The van der Waals surface area contributed by atoms with Gasteiger partial charge in [0.2, 0.25) is 0 Å². The fourth-order valence-corrected chi connectivity index (χ4v) is 0.748. The molecule has 1 nitrogen and oxygen atoms in total. The first-order valence-corrected chi connectivity index (χ1v) is 9.27. The molecule has 2 N–H and O–H groups in total. The van der Waals surface area contributed by atoms with Gasteiger partial charge in [0.1, 0.15) is 0 Å². The molecule has 0 amide bonds. The average Bonchev–Trinajstić information content (AvgIpc) is 2.39. The molecule has 0 saturated heterocycles. The minimum absolute atomic E-state index is 0. The third kappa shape index (κ3) is 210. The SMILES string of the molecule is CCC.CCC.CCC.CCC.CCCCCCCN.[HH]. The Kier molecular flexibility index (Phi) is 98.8. The van der Waals surface area contributed by atoms with Gasteiger partial charge in [0.15, 0.2) is 0 Å².